The van der Waals surface area contributed by atoms with Gasteiger partial charge < -0.3 is 10.6 Å². The molecule has 3 rings (SSSR count). The smallest absolute Gasteiger partial charge is 0.227 e. The van der Waals surface area contributed by atoms with Crippen LogP contribution in [0.4, 0.5) is 10.8 Å². The molecule has 4 nitrogen and oxygen atoms in total. The largest absolute Gasteiger partial charge is 0.355 e. The van der Waals surface area contributed by atoms with Crippen molar-refractivity contribution in [2.45, 2.75) is 32.7 Å². The minimum absolute atomic E-state index is 0.146. The summed E-state index contributed by atoms with van der Waals surface area (Å²) in [7, 11) is 0. The number of nitrogens with zero attached hydrogens (tertiary/aromatic N) is 1. The molecule has 1 unspecified atom stereocenters. The second kappa shape index (κ2) is 5.85. The van der Waals surface area contributed by atoms with E-state index in [1.54, 1.807) is 11.3 Å². The zero-order chi connectivity index (χ0) is 14.8. The van der Waals surface area contributed by atoms with Crippen LogP contribution in [-0.2, 0) is 4.79 Å². The Hall–Kier alpha value is -1.88. The van der Waals surface area contributed by atoms with E-state index in [1.165, 1.54) is 10.4 Å². The topological polar surface area (TPSA) is 54.0 Å². The number of hydrogen-bond donors (Lipinski definition) is 2. The summed E-state index contributed by atoms with van der Waals surface area (Å²) in [6.45, 7) is 4.15. The number of carbonyl (C=O) groups excluding carboxylic acids is 1. The number of aromatic nitrogens is 1. The monoisotopic (exact) mass is 301 g/mol. The third-order valence-corrected chi connectivity index (χ3v) is 4.43. The highest BCUT2D eigenvalue weighted by molar-refractivity contribution is 7.15. The van der Waals surface area contributed by atoms with Gasteiger partial charge in [0.05, 0.1) is 6.04 Å². The van der Waals surface area contributed by atoms with Crippen LogP contribution in [0.2, 0.25) is 0 Å². The summed E-state index contributed by atoms with van der Waals surface area (Å²) in [6, 6.07) is 8.19. The lowest BCUT2D eigenvalue weighted by Crippen LogP contribution is -2.13. The minimum Gasteiger partial charge on any atom is -0.355 e. The van der Waals surface area contributed by atoms with Crippen LogP contribution in [-0.4, -0.2) is 10.9 Å². The summed E-state index contributed by atoms with van der Waals surface area (Å²) >= 11 is 1.65. The van der Waals surface area contributed by atoms with Crippen LogP contribution in [0.25, 0.3) is 0 Å². The van der Waals surface area contributed by atoms with Gasteiger partial charge in [0, 0.05) is 22.7 Å². The molecule has 1 saturated carbocycles. The van der Waals surface area contributed by atoms with Crippen molar-refractivity contribution in [3.05, 3.63) is 40.9 Å². The number of carbonyl (C=O) groups is 1. The number of rotatable bonds is 5. The van der Waals surface area contributed by atoms with Crippen LogP contribution in [0.1, 0.15) is 36.2 Å². The van der Waals surface area contributed by atoms with Gasteiger partial charge in [-0.25, -0.2) is 4.98 Å². The van der Waals surface area contributed by atoms with E-state index in [1.807, 2.05) is 37.4 Å². The summed E-state index contributed by atoms with van der Waals surface area (Å²) < 4.78 is 0. The van der Waals surface area contributed by atoms with Gasteiger partial charge in [-0.1, -0.05) is 12.1 Å². The normalized spacial score (nSPS) is 15.5. The lowest BCUT2D eigenvalue weighted by atomic mass is 10.1. The molecule has 1 atom stereocenters. The number of benzene rings is 1. The molecule has 0 bridgehead atoms. The fourth-order valence-corrected chi connectivity index (χ4v) is 2.89. The molecular formula is C16H19N3OS. The van der Waals surface area contributed by atoms with E-state index in [0.29, 0.717) is 0 Å². The van der Waals surface area contributed by atoms with E-state index < -0.39 is 0 Å². The molecule has 0 radical (unpaired) electrons. The van der Waals surface area contributed by atoms with Crippen molar-refractivity contribution >= 4 is 28.1 Å². The fourth-order valence-electron chi connectivity index (χ4n) is 2.13. The van der Waals surface area contributed by atoms with Gasteiger partial charge in [-0.2, -0.15) is 0 Å². The maximum atomic E-state index is 11.7. The van der Waals surface area contributed by atoms with Gasteiger partial charge in [0.25, 0.3) is 0 Å². The number of thiazole rings is 1. The van der Waals surface area contributed by atoms with E-state index in [4.69, 9.17) is 0 Å². The van der Waals surface area contributed by atoms with Crippen LogP contribution < -0.4 is 10.6 Å². The molecule has 21 heavy (non-hydrogen) atoms. The molecule has 2 aromatic rings. The summed E-state index contributed by atoms with van der Waals surface area (Å²) in [5.74, 6) is 0.380. The molecule has 2 N–H and O–H groups in total. The van der Waals surface area contributed by atoms with Gasteiger partial charge in [-0.05, 0) is 44.4 Å². The lowest BCUT2D eigenvalue weighted by Gasteiger charge is -2.14. The van der Waals surface area contributed by atoms with Crippen molar-refractivity contribution < 1.29 is 4.79 Å². The average molecular weight is 301 g/mol. The Kier molecular flexibility index (Phi) is 3.92. The van der Waals surface area contributed by atoms with Crippen LogP contribution in [0.3, 0.4) is 0 Å². The van der Waals surface area contributed by atoms with Crippen molar-refractivity contribution in [1.82, 2.24) is 4.98 Å². The SMILES string of the molecule is Cc1cnc(NC(C)c2ccc(NC(=O)C3CC3)cc2)s1. The van der Waals surface area contributed by atoms with Gasteiger partial charge >= 0.3 is 0 Å². The molecule has 1 heterocycles. The highest BCUT2D eigenvalue weighted by atomic mass is 32.1. The van der Waals surface area contributed by atoms with Gasteiger partial charge in [0.2, 0.25) is 5.91 Å². The van der Waals surface area contributed by atoms with E-state index in [2.05, 4.69) is 22.5 Å². The molecule has 110 valence electrons. The zero-order valence-electron chi connectivity index (χ0n) is 12.2. The second-order valence-electron chi connectivity index (χ2n) is 5.53. The summed E-state index contributed by atoms with van der Waals surface area (Å²) in [5.41, 5.74) is 2.04. The first kappa shape index (κ1) is 14.1. The number of nitrogens with one attached hydrogen (secondary N) is 2. The quantitative estimate of drug-likeness (QED) is 0.878. The third-order valence-electron chi connectivity index (χ3n) is 3.59. The Labute approximate surface area is 128 Å². The average Bonchev–Trinajstić information content (AvgIpc) is 3.24. The predicted octanol–water partition coefficient (Wildman–Crippen LogP) is 3.97. The molecule has 1 aliphatic carbocycles. The number of aryl methyl sites for hydroxylation is 1. The van der Waals surface area contributed by atoms with Gasteiger partial charge in [-0.15, -0.1) is 11.3 Å². The molecule has 1 aliphatic rings. The van der Waals surface area contributed by atoms with Crippen molar-refractivity contribution in [2.24, 2.45) is 5.92 Å². The van der Waals surface area contributed by atoms with E-state index in [9.17, 15) is 4.79 Å². The van der Waals surface area contributed by atoms with Crippen LogP contribution >= 0.6 is 11.3 Å². The maximum absolute atomic E-state index is 11.7. The van der Waals surface area contributed by atoms with E-state index in [-0.39, 0.29) is 17.9 Å². The summed E-state index contributed by atoms with van der Waals surface area (Å²) in [4.78, 5) is 17.2. The lowest BCUT2D eigenvalue weighted by molar-refractivity contribution is -0.117. The van der Waals surface area contributed by atoms with Crippen molar-refractivity contribution in [3.63, 3.8) is 0 Å². The Morgan fingerprint density at radius 2 is 2.05 bits per heavy atom. The summed E-state index contributed by atoms with van der Waals surface area (Å²) in [5, 5.41) is 7.28. The first-order chi connectivity index (χ1) is 10.1. The van der Waals surface area contributed by atoms with Gasteiger partial charge in [0.1, 0.15) is 0 Å². The Morgan fingerprint density at radius 1 is 1.33 bits per heavy atom. The number of anilines is 2. The standard InChI is InChI=1S/C16H19N3OS/c1-10-9-17-16(21-10)18-11(2)12-5-7-14(8-6-12)19-15(20)13-3-4-13/h5-9,11,13H,3-4H2,1-2H3,(H,17,18)(H,19,20). The Bertz CT molecular complexity index is 631. The number of amides is 1. The second-order valence-corrected chi connectivity index (χ2v) is 6.76. The number of hydrogen-bond acceptors (Lipinski definition) is 4. The third kappa shape index (κ3) is 3.61. The van der Waals surface area contributed by atoms with Crippen LogP contribution in [0.5, 0.6) is 0 Å². The molecule has 5 heteroatoms. The van der Waals surface area contributed by atoms with Crippen LogP contribution in [0, 0.1) is 12.8 Å². The van der Waals surface area contributed by atoms with Crippen LogP contribution in [0.15, 0.2) is 30.5 Å². The Balaban J connectivity index is 1.61. The molecule has 0 spiro atoms. The van der Waals surface area contributed by atoms with Crippen molar-refractivity contribution in [2.75, 3.05) is 10.6 Å². The highest BCUT2D eigenvalue weighted by Gasteiger charge is 2.29. The van der Waals surface area contributed by atoms with Crippen molar-refractivity contribution in [1.29, 1.82) is 0 Å². The van der Waals surface area contributed by atoms with Gasteiger partial charge in [0.15, 0.2) is 5.13 Å². The first-order valence-corrected chi connectivity index (χ1v) is 8.03. The molecule has 0 saturated heterocycles. The fraction of sp³-hybridized carbons (Fsp3) is 0.375. The maximum Gasteiger partial charge on any atom is 0.227 e. The van der Waals surface area contributed by atoms with E-state index in [0.717, 1.165) is 23.7 Å². The minimum atomic E-state index is 0.146. The highest BCUT2D eigenvalue weighted by Crippen LogP contribution is 2.30. The molecule has 0 aliphatic heterocycles. The first-order valence-electron chi connectivity index (χ1n) is 7.21. The molecule has 1 fully saturated rings. The van der Waals surface area contributed by atoms with E-state index >= 15 is 0 Å². The van der Waals surface area contributed by atoms with Gasteiger partial charge in [-0.3, -0.25) is 4.79 Å². The van der Waals surface area contributed by atoms with Crippen molar-refractivity contribution in [3.8, 4) is 0 Å². The predicted molar refractivity (Wildman–Crippen MR) is 86.7 cm³/mol. The molecule has 1 aromatic carbocycles. The molecule has 1 amide bonds. The Morgan fingerprint density at radius 3 is 2.62 bits per heavy atom. The zero-order valence-corrected chi connectivity index (χ0v) is 13.0. The molecular weight excluding hydrogens is 282 g/mol. The molecule has 1 aromatic heterocycles. The summed E-state index contributed by atoms with van der Waals surface area (Å²) in [6.07, 6.45) is 3.92.